The summed E-state index contributed by atoms with van der Waals surface area (Å²) in [5, 5.41) is 0. The van der Waals surface area contributed by atoms with Crippen LogP contribution in [0.5, 0.6) is 5.75 Å². The van der Waals surface area contributed by atoms with E-state index in [-0.39, 0.29) is 5.75 Å². The Balaban J connectivity index is 3.31. The van der Waals surface area contributed by atoms with E-state index in [2.05, 4.69) is 4.74 Å². The van der Waals surface area contributed by atoms with Gasteiger partial charge in [-0.05, 0) is 12.1 Å². The monoisotopic (exact) mass is 187 g/mol. The SMILES string of the molecule is COc1ccc(C(N)=O)c(F)c1F. The van der Waals surface area contributed by atoms with Crippen LogP contribution in [-0.2, 0) is 0 Å². The number of methoxy groups -OCH3 is 1. The zero-order valence-corrected chi connectivity index (χ0v) is 6.80. The minimum absolute atomic E-state index is 0.262. The van der Waals surface area contributed by atoms with Crippen LogP contribution < -0.4 is 10.5 Å². The Morgan fingerprint density at radius 1 is 1.38 bits per heavy atom. The third-order valence-corrected chi connectivity index (χ3v) is 1.53. The van der Waals surface area contributed by atoms with Gasteiger partial charge < -0.3 is 10.5 Å². The molecule has 0 atom stereocenters. The van der Waals surface area contributed by atoms with Crippen LogP contribution in [0.25, 0.3) is 0 Å². The second kappa shape index (κ2) is 3.38. The molecular weight excluding hydrogens is 180 g/mol. The molecular formula is C8H7F2NO2. The molecule has 0 aliphatic heterocycles. The Morgan fingerprint density at radius 3 is 2.46 bits per heavy atom. The van der Waals surface area contributed by atoms with E-state index in [4.69, 9.17) is 5.73 Å². The predicted molar refractivity (Wildman–Crippen MR) is 41.4 cm³/mol. The van der Waals surface area contributed by atoms with Gasteiger partial charge >= 0.3 is 0 Å². The lowest BCUT2D eigenvalue weighted by atomic mass is 10.2. The van der Waals surface area contributed by atoms with E-state index < -0.39 is 23.1 Å². The molecule has 0 unspecified atom stereocenters. The highest BCUT2D eigenvalue weighted by atomic mass is 19.2. The summed E-state index contributed by atoms with van der Waals surface area (Å²) < 4.78 is 30.4. The number of carbonyl (C=O) groups excluding carboxylic acids is 1. The first-order valence-corrected chi connectivity index (χ1v) is 3.39. The van der Waals surface area contributed by atoms with Crippen LogP contribution in [0.1, 0.15) is 10.4 Å². The molecule has 0 spiro atoms. The van der Waals surface area contributed by atoms with E-state index >= 15 is 0 Å². The lowest BCUT2D eigenvalue weighted by Gasteiger charge is -2.04. The van der Waals surface area contributed by atoms with Gasteiger partial charge in [0.05, 0.1) is 12.7 Å². The van der Waals surface area contributed by atoms with Crippen LogP contribution in [0.2, 0.25) is 0 Å². The van der Waals surface area contributed by atoms with Crippen molar-refractivity contribution in [2.45, 2.75) is 0 Å². The molecule has 5 heteroatoms. The number of carbonyl (C=O) groups is 1. The van der Waals surface area contributed by atoms with Crippen LogP contribution in [0, 0.1) is 11.6 Å². The van der Waals surface area contributed by atoms with Gasteiger partial charge in [-0.25, -0.2) is 4.39 Å². The second-order valence-electron chi connectivity index (χ2n) is 2.31. The van der Waals surface area contributed by atoms with Crippen molar-refractivity contribution >= 4 is 5.91 Å². The van der Waals surface area contributed by atoms with Gasteiger partial charge in [0.25, 0.3) is 5.91 Å². The number of hydrogen-bond donors (Lipinski definition) is 1. The molecule has 1 aromatic carbocycles. The molecule has 0 saturated carbocycles. The fourth-order valence-corrected chi connectivity index (χ4v) is 0.880. The number of halogens is 2. The summed E-state index contributed by atoms with van der Waals surface area (Å²) in [5.41, 5.74) is 4.30. The number of benzene rings is 1. The van der Waals surface area contributed by atoms with Crippen molar-refractivity contribution < 1.29 is 18.3 Å². The first-order chi connectivity index (χ1) is 6.07. The highest BCUT2D eigenvalue weighted by molar-refractivity contribution is 5.93. The molecule has 1 amide bonds. The van der Waals surface area contributed by atoms with E-state index in [0.29, 0.717) is 0 Å². The number of rotatable bonds is 2. The molecule has 13 heavy (non-hydrogen) atoms. The first-order valence-electron chi connectivity index (χ1n) is 3.39. The smallest absolute Gasteiger partial charge is 0.251 e. The van der Waals surface area contributed by atoms with Gasteiger partial charge in [0.2, 0.25) is 5.82 Å². The lowest BCUT2D eigenvalue weighted by molar-refractivity contribution is 0.0995. The zero-order chi connectivity index (χ0) is 10.0. The van der Waals surface area contributed by atoms with Gasteiger partial charge in [0.15, 0.2) is 11.6 Å². The summed E-state index contributed by atoms with van der Waals surface area (Å²) in [5.74, 6) is -3.77. The lowest BCUT2D eigenvalue weighted by Crippen LogP contribution is -2.14. The molecule has 0 aliphatic rings. The van der Waals surface area contributed by atoms with Crippen LogP contribution in [0.15, 0.2) is 12.1 Å². The van der Waals surface area contributed by atoms with Gasteiger partial charge in [-0.15, -0.1) is 0 Å². The average molecular weight is 187 g/mol. The molecule has 0 saturated heterocycles. The number of primary amides is 1. The summed E-state index contributed by atoms with van der Waals surface area (Å²) in [7, 11) is 1.20. The molecule has 2 N–H and O–H groups in total. The van der Waals surface area contributed by atoms with Crippen molar-refractivity contribution in [3.8, 4) is 5.75 Å². The van der Waals surface area contributed by atoms with Gasteiger partial charge in [0.1, 0.15) is 0 Å². The van der Waals surface area contributed by atoms with E-state index in [1.54, 1.807) is 0 Å². The molecule has 0 aliphatic carbocycles. The van der Waals surface area contributed by atoms with Crippen molar-refractivity contribution in [3.63, 3.8) is 0 Å². The van der Waals surface area contributed by atoms with Crippen molar-refractivity contribution in [1.29, 1.82) is 0 Å². The molecule has 70 valence electrons. The standard InChI is InChI=1S/C8H7F2NO2/c1-13-5-3-2-4(8(11)12)6(9)7(5)10/h2-3H,1H3,(H2,11,12). The summed E-state index contributed by atoms with van der Waals surface area (Å²) in [6.45, 7) is 0. The number of ether oxygens (including phenoxy) is 1. The Labute approximate surface area is 73.1 Å². The van der Waals surface area contributed by atoms with Gasteiger partial charge in [-0.2, -0.15) is 4.39 Å². The largest absolute Gasteiger partial charge is 0.494 e. The zero-order valence-electron chi connectivity index (χ0n) is 6.80. The van der Waals surface area contributed by atoms with Crippen molar-refractivity contribution in [1.82, 2.24) is 0 Å². The Bertz CT molecular complexity index is 352. The van der Waals surface area contributed by atoms with Gasteiger partial charge in [-0.3, -0.25) is 4.79 Å². The fraction of sp³-hybridized carbons (Fsp3) is 0.125. The maximum absolute atomic E-state index is 12.9. The average Bonchev–Trinajstić information content (AvgIpc) is 2.09. The summed E-state index contributed by atoms with van der Waals surface area (Å²) in [6, 6.07) is 2.21. The molecule has 0 fully saturated rings. The minimum atomic E-state index is -1.29. The quantitative estimate of drug-likeness (QED) is 0.752. The van der Waals surface area contributed by atoms with Crippen LogP contribution in [0.3, 0.4) is 0 Å². The van der Waals surface area contributed by atoms with Crippen molar-refractivity contribution in [2.24, 2.45) is 5.73 Å². The third kappa shape index (κ3) is 1.58. The number of nitrogens with two attached hydrogens (primary N) is 1. The maximum atomic E-state index is 12.9. The molecule has 0 radical (unpaired) electrons. The van der Waals surface area contributed by atoms with E-state index in [1.807, 2.05) is 0 Å². The molecule has 0 aromatic heterocycles. The Kier molecular flexibility index (Phi) is 2.46. The van der Waals surface area contributed by atoms with Crippen LogP contribution in [0.4, 0.5) is 8.78 Å². The fourth-order valence-electron chi connectivity index (χ4n) is 0.880. The maximum Gasteiger partial charge on any atom is 0.251 e. The van der Waals surface area contributed by atoms with E-state index in [9.17, 15) is 13.6 Å². The molecule has 0 heterocycles. The minimum Gasteiger partial charge on any atom is -0.494 e. The van der Waals surface area contributed by atoms with Gasteiger partial charge in [-0.1, -0.05) is 0 Å². The Morgan fingerprint density at radius 2 is 2.00 bits per heavy atom. The predicted octanol–water partition coefficient (Wildman–Crippen LogP) is 1.07. The number of hydrogen-bond acceptors (Lipinski definition) is 2. The summed E-state index contributed by atoms with van der Waals surface area (Å²) in [6.07, 6.45) is 0. The molecule has 1 rings (SSSR count). The normalized spacial score (nSPS) is 9.77. The molecule has 0 bridgehead atoms. The van der Waals surface area contributed by atoms with Crippen LogP contribution >= 0.6 is 0 Å². The van der Waals surface area contributed by atoms with Gasteiger partial charge in [0, 0.05) is 0 Å². The van der Waals surface area contributed by atoms with E-state index in [1.165, 1.54) is 7.11 Å². The van der Waals surface area contributed by atoms with Crippen molar-refractivity contribution in [3.05, 3.63) is 29.3 Å². The third-order valence-electron chi connectivity index (χ3n) is 1.53. The summed E-state index contributed by atoms with van der Waals surface area (Å²) in [4.78, 5) is 10.5. The topological polar surface area (TPSA) is 52.3 Å². The van der Waals surface area contributed by atoms with E-state index in [0.717, 1.165) is 12.1 Å². The molecule has 3 nitrogen and oxygen atoms in total. The van der Waals surface area contributed by atoms with Crippen LogP contribution in [-0.4, -0.2) is 13.0 Å². The highest BCUT2D eigenvalue weighted by Crippen LogP contribution is 2.21. The van der Waals surface area contributed by atoms with Crippen molar-refractivity contribution in [2.75, 3.05) is 7.11 Å². The highest BCUT2D eigenvalue weighted by Gasteiger charge is 2.16. The molecule has 1 aromatic rings. The number of amides is 1. The summed E-state index contributed by atoms with van der Waals surface area (Å²) >= 11 is 0. The second-order valence-corrected chi connectivity index (χ2v) is 2.31. The Hall–Kier alpha value is -1.65. The first kappa shape index (κ1) is 9.44.